The molecule has 0 aliphatic heterocycles. The van der Waals surface area contributed by atoms with Gasteiger partial charge in [-0.3, -0.25) is 14.6 Å². The molecule has 0 aliphatic rings. The molecule has 0 aliphatic carbocycles. The van der Waals surface area contributed by atoms with Crippen molar-refractivity contribution < 1.29 is 4.79 Å². The highest BCUT2D eigenvalue weighted by molar-refractivity contribution is 6.04. The van der Waals surface area contributed by atoms with Gasteiger partial charge in [0.1, 0.15) is 0 Å². The van der Waals surface area contributed by atoms with Gasteiger partial charge in [-0.2, -0.15) is 5.10 Å². The molecule has 1 unspecified atom stereocenters. The Morgan fingerprint density at radius 2 is 1.68 bits per heavy atom. The van der Waals surface area contributed by atoms with E-state index in [-0.39, 0.29) is 29.2 Å². The molecule has 0 fully saturated rings. The largest absolute Gasteiger partial charge is 0.344 e. The summed E-state index contributed by atoms with van der Waals surface area (Å²) in [4.78, 5) is 29.4. The molecule has 1 atom stereocenters. The minimum absolute atomic E-state index is 0.138. The number of nitrogens with zero attached hydrogens (tertiary/aromatic N) is 3. The molecule has 1 amide bonds. The van der Waals surface area contributed by atoms with Gasteiger partial charge < -0.3 is 5.32 Å². The van der Waals surface area contributed by atoms with Gasteiger partial charge in [-0.1, -0.05) is 18.2 Å². The zero-order valence-corrected chi connectivity index (χ0v) is 14.4. The fraction of sp³-hybridized carbons (Fsp3) is 0.263. The van der Waals surface area contributed by atoms with Crippen LogP contribution < -0.4 is 10.9 Å². The zero-order valence-electron chi connectivity index (χ0n) is 14.4. The minimum Gasteiger partial charge on any atom is -0.344 e. The van der Waals surface area contributed by atoms with Gasteiger partial charge in [0.25, 0.3) is 11.5 Å². The van der Waals surface area contributed by atoms with E-state index in [0.717, 1.165) is 5.56 Å². The molecule has 3 aromatic rings. The molecule has 1 N–H and O–H groups in total. The van der Waals surface area contributed by atoms with E-state index < -0.39 is 0 Å². The quantitative estimate of drug-likeness (QED) is 0.795. The third-order valence-corrected chi connectivity index (χ3v) is 4.09. The normalized spacial score (nSPS) is 12.3. The molecule has 25 heavy (non-hydrogen) atoms. The van der Waals surface area contributed by atoms with E-state index in [0.29, 0.717) is 10.8 Å². The van der Waals surface area contributed by atoms with E-state index >= 15 is 0 Å². The second kappa shape index (κ2) is 6.84. The van der Waals surface area contributed by atoms with Crippen molar-refractivity contribution in [3.63, 3.8) is 0 Å². The van der Waals surface area contributed by atoms with Crippen LogP contribution in [0.1, 0.15) is 48.9 Å². The first kappa shape index (κ1) is 16.8. The molecule has 3 rings (SSSR count). The molecule has 128 valence electrons. The Morgan fingerprint density at radius 1 is 1.04 bits per heavy atom. The first-order valence-corrected chi connectivity index (χ1v) is 8.21. The lowest BCUT2D eigenvalue weighted by atomic mass is 10.1. The first-order chi connectivity index (χ1) is 12.0. The number of rotatable bonds is 4. The Morgan fingerprint density at radius 3 is 2.32 bits per heavy atom. The van der Waals surface area contributed by atoms with E-state index in [1.807, 2.05) is 32.9 Å². The highest BCUT2D eigenvalue weighted by Gasteiger charge is 2.19. The van der Waals surface area contributed by atoms with E-state index in [9.17, 15) is 9.59 Å². The van der Waals surface area contributed by atoms with Crippen molar-refractivity contribution in [3.05, 3.63) is 70.4 Å². The Bertz CT molecular complexity index is 964. The second-order valence-corrected chi connectivity index (χ2v) is 6.21. The first-order valence-electron chi connectivity index (χ1n) is 8.21. The van der Waals surface area contributed by atoms with Gasteiger partial charge in [0.05, 0.1) is 17.5 Å². The summed E-state index contributed by atoms with van der Waals surface area (Å²) < 4.78 is 1.36. The van der Waals surface area contributed by atoms with Gasteiger partial charge in [-0.15, -0.1) is 0 Å². The summed E-state index contributed by atoms with van der Waals surface area (Å²) in [7, 11) is 0. The molecule has 0 spiro atoms. The summed E-state index contributed by atoms with van der Waals surface area (Å²) in [5.41, 5.74) is 1.01. The van der Waals surface area contributed by atoms with Crippen molar-refractivity contribution in [2.45, 2.75) is 32.9 Å². The number of aromatic nitrogens is 3. The van der Waals surface area contributed by atoms with E-state index in [1.54, 1.807) is 36.7 Å². The Hall–Kier alpha value is -3.02. The van der Waals surface area contributed by atoms with E-state index in [4.69, 9.17) is 0 Å². The maximum Gasteiger partial charge on any atom is 0.274 e. The number of fused-ring (bicyclic) bond motifs is 1. The van der Waals surface area contributed by atoms with Crippen LogP contribution in [0.5, 0.6) is 0 Å². The van der Waals surface area contributed by atoms with Crippen LogP contribution in [0.4, 0.5) is 0 Å². The number of hydrogen-bond donors (Lipinski definition) is 1. The smallest absolute Gasteiger partial charge is 0.274 e. The number of hydrogen-bond acceptors (Lipinski definition) is 4. The SMILES string of the molecule is CC(NC(=O)c1nn(C(C)C)c(=O)c2ccccc12)c1ccncc1. The summed E-state index contributed by atoms with van der Waals surface area (Å²) in [6, 6.07) is 10.4. The highest BCUT2D eigenvalue weighted by Crippen LogP contribution is 2.17. The number of nitrogens with one attached hydrogen (secondary N) is 1. The Labute approximate surface area is 145 Å². The van der Waals surface area contributed by atoms with Crippen molar-refractivity contribution in [2.75, 3.05) is 0 Å². The molecule has 1 aromatic carbocycles. The number of carbonyl (C=O) groups excluding carboxylic acids is 1. The summed E-state index contributed by atoms with van der Waals surface area (Å²) in [5, 5.41) is 8.32. The second-order valence-electron chi connectivity index (χ2n) is 6.21. The molecule has 6 nitrogen and oxygen atoms in total. The average Bonchev–Trinajstić information content (AvgIpc) is 2.62. The van der Waals surface area contributed by atoms with Crippen LogP contribution in [0.2, 0.25) is 0 Å². The van der Waals surface area contributed by atoms with Gasteiger partial charge in [0.2, 0.25) is 0 Å². The van der Waals surface area contributed by atoms with Crippen LogP contribution in [0, 0.1) is 0 Å². The van der Waals surface area contributed by atoms with Crippen LogP contribution in [0.25, 0.3) is 10.8 Å². The monoisotopic (exact) mass is 336 g/mol. The lowest BCUT2D eigenvalue weighted by Gasteiger charge is -2.16. The van der Waals surface area contributed by atoms with Gasteiger partial charge >= 0.3 is 0 Å². The molecule has 2 aromatic heterocycles. The van der Waals surface area contributed by atoms with Crippen molar-refractivity contribution in [1.29, 1.82) is 0 Å². The fourth-order valence-corrected chi connectivity index (χ4v) is 2.72. The predicted octanol–water partition coefficient (Wildman–Crippen LogP) is 2.86. The summed E-state index contributed by atoms with van der Waals surface area (Å²) in [5.74, 6) is -0.310. The van der Waals surface area contributed by atoms with Gasteiger partial charge in [-0.05, 0) is 44.5 Å². The maximum atomic E-state index is 12.8. The van der Waals surface area contributed by atoms with Gasteiger partial charge in [0, 0.05) is 17.8 Å². The summed E-state index contributed by atoms with van der Waals surface area (Å²) >= 11 is 0. The van der Waals surface area contributed by atoms with Crippen molar-refractivity contribution >= 4 is 16.7 Å². The lowest BCUT2D eigenvalue weighted by molar-refractivity contribution is 0.0934. The number of benzene rings is 1. The lowest BCUT2D eigenvalue weighted by Crippen LogP contribution is -2.32. The molecule has 0 saturated carbocycles. The Balaban J connectivity index is 2.04. The summed E-state index contributed by atoms with van der Waals surface area (Å²) in [6.45, 7) is 5.63. The predicted molar refractivity (Wildman–Crippen MR) is 96.5 cm³/mol. The van der Waals surface area contributed by atoms with Gasteiger partial charge in [0.15, 0.2) is 5.69 Å². The maximum absolute atomic E-state index is 12.8. The Kier molecular flexibility index (Phi) is 4.61. The van der Waals surface area contributed by atoms with Crippen molar-refractivity contribution in [3.8, 4) is 0 Å². The minimum atomic E-state index is -0.310. The van der Waals surface area contributed by atoms with E-state index in [1.165, 1.54) is 4.68 Å². The highest BCUT2D eigenvalue weighted by atomic mass is 16.2. The van der Waals surface area contributed by atoms with Gasteiger partial charge in [-0.25, -0.2) is 4.68 Å². The molecule has 6 heteroatoms. The average molecular weight is 336 g/mol. The standard InChI is InChI=1S/C19H20N4O2/c1-12(2)23-19(25)16-7-5-4-6-15(16)17(22-23)18(24)21-13(3)14-8-10-20-11-9-14/h4-13H,1-3H3,(H,21,24). The van der Waals surface area contributed by atoms with Crippen LogP contribution in [0.3, 0.4) is 0 Å². The molecule has 2 heterocycles. The molecular weight excluding hydrogens is 316 g/mol. The summed E-state index contributed by atoms with van der Waals surface area (Å²) in [6.07, 6.45) is 3.37. The third-order valence-electron chi connectivity index (χ3n) is 4.09. The molecule has 0 radical (unpaired) electrons. The number of amides is 1. The topological polar surface area (TPSA) is 76.9 Å². The number of pyridine rings is 1. The fourth-order valence-electron chi connectivity index (χ4n) is 2.72. The van der Waals surface area contributed by atoms with Crippen molar-refractivity contribution in [2.24, 2.45) is 0 Å². The van der Waals surface area contributed by atoms with Crippen LogP contribution in [0.15, 0.2) is 53.6 Å². The zero-order chi connectivity index (χ0) is 18.0. The van der Waals surface area contributed by atoms with Crippen molar-refractivity contribution in [1.82, 2.24) is 20.1 Å². The van der Waals surface area contributed by atoms with Crippen LogP contribution >= 0.6 is 0 Å². The molecule has 0 bridgehead atoms. The number of carbonyl (C=O) groups is 1. The molecular formula is C19H20N4O2. The third kappa shape index (κ3) is 3.28. The van der Waals surface area contributed by atoms with Crippen LogP contribution in [-0.2, 0) is 0 Å². The van der Waals surface area contributed by atoms with Crippen LogP contribution in [-0.4, -0.2) is 20.7 Å². The van der Waals surface area contributed by atoms with E-state index in [2.05, 4.69) is 15.4 Å². The molecule has 0 saturated heterocycles.